The number of aliphatic hydroxyl groups is 1. The van der Waals surface area contributed by atoms with Gasteiger partial charge < -0.3 is 30.0 Å². The molecule has 11 nitrogen and oxygen atoms in total. The number of carbonyl (C=O) groups excluding carboxylic acids is 1. The third kappa shape index (κ3) is 6.82. The highest BCUT2D eigenvalue weighted by Crippen LogP contribution is 2.47. The fourth-order valence-corrected chi connectivity index (χ4v) is 10.2. The Morgan fingerprint density at radius 2 is 1.90 bits per heavy atom. The number of sulfonamides is 1. The lowest BCUT2D eigenvalue weighted by atomic mass is 9.74. The molecule has 2 aromatic carbocycles. The van der Waals surface area contributed by atoms with Crippen LogP contribution in [-0.4, -0.2) is 85.8 Å². The summed E-state index contributed by atoms with van der Waals surface area (Å²) in [5.41, 5.74) is 1.50. The van der Waals surface area contributed by atoms with Gasteiger partial charge >= 0.3 is 6.09 Å². The lowest BCUT2D eigenvalue weighted by Crippen LogP contribution is -2.52. The number of rotatable bonds is 13. The number of benzene rings is 2. The van der Waals surface area contributed by atoms with E-state index in [2.05, 4.69) is 22.5 Å². The van der Waals surface area contributed by atoms with Crippen LogP contribution in [-0.2, 0) is 30.7 Å². The van der Waals surface area contributed by atoms with E-state index >= 15 is 0 Å². The van der Waals surface area contributed by atoms with E-state index in [9.17, 15) is 18.3 Å². The molecular formula is C35H44N4O7S2. The summed E-state index contributed by atoms with van der Waals surface area (Å²) in [7, 11) is -4.00. The normalized spacial score (nSPS) is 28.6. The van der Waals surface area contributed by atoms with Crippen molar-refractivity contribution in [3.63, 3.8) is 0 Å². The van der Waals surface area contributed by atoms with Crippen LogP contribution in [0.15, 0.2) is 53.4 Å². The van der Waals surface area contributed by atoms with E-state index in [1.807, 2.05) is 30.3 Å². The number of carbonyl (C=O) groups is 1. The number of aliphatic hydroxyl groups excluding tert-OH is 1. The Morgan fingerprint density at radius 3 is 2.67 bits per heavy atom. The summed E-state index contributed by atoms with van der Waals surface area (Å²) in [4.78, 5) is 18.4. The number of hydrogen-bond donors (Lipinski definition) is 3. The Bertz CT molecular complexity index is 1750. The van der Waals surface area contributed by atoms with Gasteiger partial charge in [-0.25, -0.2) is 18.2 Å². The zero-order valence-electron chi connectivity index (χ0n) is 27.1. The summed E-state index contributed by atoms with van der Waals surface area (Å²) in [5, 5.41) is 19.0. The summed E-state index contributed by atoms with van der Waals surface area (Å²) in [6.45, 7) is 3.16. The number of nitrogens with one attached hydrogen (secondary N) is 2. The van der Waals surface area contributed by atoms with Crippen molar-refractivity contribution < 1.29 is 32.5 Å². The number of hydrogen-bond acceptors (Lipinski definition) is 10. The van der Waals surface area contributed by atoms with Crippen molar-refractivity contribution in [2.45, 2.75) is 87.3 Å². The zero-order chi connectivity index (χ0) is 33.0. The molecule has 258 valence electrons. The molecule has 0 radical (unpaired) electrons. The predicted molar refractivity (Wildman–Crippen MR) is 181 cm³/mol. The molecule has 7 atom stereocenters. The molecule has 13 heteroatoms. The first-order valence-electron chi connectivity index (χ1n) is 17.2. The van der Waals surface area contributed by atoms with Gasteiger partial charge in [0, 0.05) is 36.9 Å². The Balaban J connectivity index is 1.02. The highest BCUT2D eigenvalue weighted by Gasteiger charge is 2.53. The first kappa shape index (κ1) is 32.4. The molecule has 0 spiro atoms. The molecule has 6 fully saturated rings. The largest absolute Gasteiger partial charge is 0.445 e. The van der Waals surface area contributed by atoms with Crippen molar-refractivity contribution in [1.29, 1.82) is 0 Å². The molecule has 3 saturated carbocycles. The van der Waals surface area contributed by atoms with Crippen molar-refractivity contribution in [1.82, 2.24) is 14.6 Å². The van der Waals surface area contributed by atoms with E-state index in [1.54, 1.807) is 18.2 Å². The van der Waals surface area contributed by atoms with Gasteiger partial charge in [-0.05, 0) is 74.1 Å². The maximum atomic E-state index is 14.3. The zero-order valence-corrected chi connectivity index (χ0v) is 28.8. The van der Waals surface area contributed by atoms with Gasteiger partial charge in [-0.2, -0.15) is 4.31 Å². The Labute approximate surface area is 285 Å². The topological polar surface area (TPSA) is 139 Å². The lowest BCUT2D eigenvalue weighted by molar-refractivity contribution is -0.135. The molecule has 3 aromatic rings. The van der Waals surface area contributed by atoms with Gasteiger partial charge in [0.25, 0.3) is 0 Å². The van der Waals surface area contributed by atoms with Gasteiger partial charge in [0.05, 0.1) is 40.5 Å². The number of amides is 1. The summed E-state index contributed by atoms with van der Waals surface area (Å²) in [6.07, 6.45) is 3.89. The molecular weight excluding hydrogens is 653 g/mol. The quantitative estimate of drug-likeness (QED) is 0.231. The molecule has 9 rings (SSSR count). The highest BCUT2D eigenvalue weighted by atomic mass is 32.2. The molecule has 1 aromatic heterocycles. The fourth-order valence-electron chi connectivity index (χ4n) is 7.54. The fraction of sp³-hybridized carbons (Fsp3) is 0.600. The second-order valence-corrected chi connectivity index (χ2v) is 17.7. The Hall–Kier alpha value is -2.81. The molecule has 3 aliphatic carbocycles. The van der Waals surface area contributed by atoms with Crippen LogP contribution in [0.1, 0.15) is 51.0 Å². The predicted octanol–water partition coefficient (Wildman–Crippen LogP) is 4.76. The van der Waals surface area contributed by atoms with Crippen LogP contribution in [0.5, 0.6) is 0 Å². The molecule has 6 aliphatic rings. The first-order chi connectivity index (χ1) is 23.1. The standard InChI is InChI=1S/C35H44N4O7S2/c1-35(13-14-35)20-39(48(42,43)24-10-12-27-30(16-24)47-33(37-27)36-23-8-9-23)17-29(40)28(15-21-5-3-2-4-6-21)38-34(41)46-31-22-7-11-25-26(31)19-45-32(25)44-18-22/h2-6,10,12,16,22-23,25-26,28-29,31-32,40H,7-9,11,13-15,17-20H2,1H3,(H,36,37)(H,38,41). The van der Waals surface area contributed by atoms with Crippen molar-refractivity contribution >= 4 is 42.8 Å². The lowest BCUT2D eigenvalue weighted by Gasteiger charge is -2.36. The minimum absolute atomic E-state index is 0.0795. The third-order valence-electron chi connectivity index (χ3n) is 10.8. The summed E-state index contributed by atoms with van der Waals surface area (Å²) < 4.78 is 48.7. The molecule has 3 N–H and O–H groups in total. The van der Waals surface area contributed by atoms with Crippen molar-refractivity contribution in [3.8, 4) is 0 Å². The SMILES string of the molecule is CC1(CN(CC(O)C(Cc2ccccc2)NC(=O)OC2C3CCC4C(OC3)OCC42)S(=O)(=O)c2ccc3nc(NC4CC4)sc3c2)CC1. The van der Waals surface area contributed by atoms with Crippen LogP contribution in [0.2, 0.25) is 0 Å². The summed E-state index contributed by atoms with van der Waals surface area (Å²) in [5.74, 6) is 0.385. The minimum Gasteiger partial charge on any atom is -0.445 e. The number of fused-ring (bicyclic) bond motifs is 3. The summed E-state index contributed by atoms with van der Waals surface area (Å²) >= 11 is 1.45. The van der Waals surface area contributed by atoms with E-state index in [0.29, 0.717) is 25.7 Å². The van der Waals surface area contributed by atoms with Crippen molar-refractivity contribution in [2.24, 2.45) is 23.2 Å². The molecule has 1 amide bonds. The van der Waals surface area contributed by atoms with E-state index in [4.69, 9.17) is 14.2 Å². The number of nitrogens with zero attached hydrogens (tertiary/aromatic N) is 2. The minimum atomic E-state index is -4.00. The molecule has 4 bridgehead atoms. The molecule has 48 heavy (non-hydrogen) atoms. The highest BCUT2D eigenvalue weighted by molar-refractivity contribution is 7.89. The number of ether oxygens (including phenoxy) is 3. The second kappa shape index (κ2) is 12.8. The molecule has 4 heterocycles. The molecule has 3 saturated heterocycles. The van der Waals surface area contributed by atoms with Gasteiger partial charge in [0.1, 0.15) is 6.10 Å². The maximum Gasteiger partial charge on any atom is 0.407 e. The van der Waals surface area contributed by atoms with Crippen molar-refractivity contribution in [3.05, 3.63) is 54.1 Å². The van der Waals surface area contributed by atoms with Gasteiger partial charge in [0.2, 0.25) is 10.0 Å². The van der Waals surface area contributed by atoms with Crippen LogP contribution in [0.25, 0.3) is 10.2 Å². The Morgan fingerprint density at radius 1 is 1.10 bits per heavy atom. The second-order valence-electron chi connectivity index (χ2n) is 14.8. The van der Waals surface area contributed by atoms with E-state index < -0.39 is 28.3 Å². The van der Waals surface area contributed by atoms with Gasteiger partial charge in [-0.15, -0.1) is 0 Å². The van der Waals surface area contributed by atoms with Gasteiger partial charge in [0.15, 0.2) is 11.4 Å². The molecule has 3 aliphatic heterocycles. The van der Waals surface area contributed by atoms with Crippen LogP contribution < -0.4 is 10.6 Å². The van der Waals surface area contributed by atoms with Crippen LogP contribution in [0.3, 0.4) is 0 Å². The number of thiazole rings is 1. The number of aromatic nitrogens is 1. The van der Waals surface area contributed by atoms with Crippen LogP contribution in [0.4, 0.5) is 9.93 Å². The smallest absolute Gasteiger partial charge is 0.407 e. The van der Waals surface area contributed by atoms with E-state index in [1.165, 1.54) is 15.6 Å². The van der Waals surface area contributed by atoms with Crippen LogP contribution in [0, 0.1) is 23.2 Å². The van der Waals surface area contributed by atoms with Crippen molar-refractivity contribution in [2.75, 3.05) is 31.6 Å². The Kier molecular flexibility index (Phi) is 8.65. The monoisotopic (exact) mass is 696 g/mol. The van der Waals surface area contributed by atoms with E-state index in [0.717, 1.165) is 59.4 Å². The third-order valence-corrected chi connectivity index (χ3v) is 13.6. The van der Waals surface area contributed by atoms with Gasteiger partial charge in [-0.3, -0.25) is 0 Å². The summed E-state index contributed by atoms with van der Waals surface area (Å²) in [6, 6.07) is 14.3. The maximum absolute atomic E-state index is 14.3. The van der Waals surface area contributed by atoms with Gasteiger partial charge in [-0.1, -0.05) is 48.6 Å². The molecule has 7 unspecified atom stereocenters. The van der Waals surface area contributed by atoms with Crippen LogP contribution >= 0.6 is 11.3 Å². The first-order valence-corrected chi connectivity index (χ1v) is 19.5. The van der Waals surface area contributed by atoms with E-state index in [-0.39, 0.29) is 53.5 Å². The average Bonchev–Trinajstić information content (AvgIpc) is 3.96. The number of alkyl carbamates (subject to hydrolysis) is 1. The number of anilines is 1. The average molecular weight is 697 g/mol.